The average Bonchev–Trinajstić information content (AvgIpc) is 3.77. The molecule has 4 aliphatic heterocycles. The zero-order chi connectivity index (χ0) is 35.1. The maximum absolute atomic E-state index is 12.8. The number of nitrogens with one attached hydrogen (secondary N) is 4. The van der Waals surface area contributed by atoms with Crippen LogP contribution in [0.3, 0.4) is 0 Å². The molecule has 0 radical (unpaired) electrons. The summed E-state index contributed by atoms with van der Waals surface area (Å²) in [7, 11) is 4.30. The summed E-state index contributed by atoms with van der Waals surface area (Å²) in [5, 5.41) is 17.9. The molecule has 0 spiro atoms. The van der Waals surface area contributed by atoms with Crippen molar-refractivity contribution in [3.63, 3.8) is 0 Å². The second-order valence-corrected chi connectivity index (χ2v) is 13.7. The SMILES string of the molecule is CO[C@H]1C[C@H](n2ccc(=O)[nH]c2=O)O[C@@H]1C(O[C@H]1OC(C(=O)NCCCCCCCC(=O)Nc2c3sscc-3[nH]c2=O)=CC[C@@H]1O)C(N)=O. The summed E-state index contributed by atoms with van der Waals surface area (Å²) in [6, 6.07) is 1.15. The summed E-state index contributed by atoms with van der Waals surface area (Å²) in [4.78, 5) is 79.0. The normalized spacial score (nSPS) is 22.7. The van der Waals surface area contributed by atoms with Crippen LogP contribution >= 0.6 is 20.7 Å². The van der Waals surface area contributed by atoms with Crippen LogP contribution in [-0.2, 0) is 33.3 Å². The third kappa shape index (κ3) is 8.91. The van der Waals surface area contributed by atoms with Crippen molar-refractivity contribution in [1.82, 2.24) is 19.9 Å². The molecule has 1 aromatic heterocycles. The van der Waals surface area contributed by atoms with Crippen molar-refractivity contribution < 1.29 is 38.4 Å². The lowest BCUT2D eigenvalue weighted by atomic mass is 10.1. The Bertz CT molecular complexity index is 1790. The minimum absolute atomic E-state index is 0.0000394. The largest absolute Gasteiger partial charge is 0.457 e. The third-order valence-corrected chi connectivity index (χ3v) is 10.2. The van der Waals surface area contributed by atoms with Crippen LogP contribution in [0.1, 0.15) is 57.6 Å². The monoisotopic (exact) mass is 722 g/mol. The van der Waals surface area contributed by atoms with Crippen LogP contribution in [0.4, 0.5) is 5.69 Å². The molecule has 266 valence electrons. The summed E-state index contributed by atoms with van der Waals surface area (Å²) < 4.78 is 23.9. The highest BCUT2D eigenvalue weighted by Crippen LogP contribution is 2.36. The fourth-order valence-corrected chi connectivity index (χ4v) is 7.77. The van der Waals surface area contributed by atoms with Crippen molar-refractivity contribution in [3.05, 3.63) is 60.7 Å². The molecule has 1 fully saturated rings. The zero-order valence-corrected chi connectivity index (χ0v) is 28.1. The smallest absolute Gasteiger partial charge is 0.330 e. The fourth-order valence-electron chi connectivity index (χ4n) is 5.61. The standard InChI is InChI=1S/C30H38N6O11S2/c1-44-18-13-21(36-12-10-20(39)35-30(36)43)46-23(18)24(26(31)40)47-29-16(37)8-9-17(45-29)27(41)32-11-6-4-2-3-5-7-19(38)34-22-25-15(14-48-49-25)33-28(22)42/h9-10,12,14,16,18,21,23-24,29,37H,2-8,11,13H2,1H3,(H2,31,40)(H,32,41)(H,33,42)(H,34,38)(H,35,39,43)/t16-,18-,21+,23-,24?,29+/m0/s1. The minimum atomic E-state index is -1.49. The molecule has 1 saturated heterocycles. The van der Waals surface area contributed by atoms with Crippen molar-refractivity contribution in [1.29, 1.82) is 0 Å². The molecule has 17 nitrogen and oxygen atoms in total. The number of carbonyl (C=O) groups is 3. The number of aliphatic hydroxyl groups excluding tert-OH is 1. The Kier molecular flexibility index (Phi) is 12.2. The lowest BCUT2D eigenvalue weighted by Crippen LogP contribution is -2.51. The minimum Gasteiger partial charge on any atom is -0.457 e. The number of hydrogen-bond acceptors (Lipinski definition) is 13. The average molecular weight is 723 g/mol. The molecule has 3 amide bonds. The number of aromatic amines is 2. The molecule has 49 heavy (non-hydrogen) atoms. The molecule has 6 atom stereocenters. The van der Waals surface area contributed by atoms with Gasteiger partial charge in [-0.3, -0.25) is 33.5 Å². The van der Waals surface area contributed by atoms with Crippen LogP contribution in [0, 0.1) is 0 Å². The summed E-state index contributed by atoms with van der Waals surface area (Å²) >= 11 is 0. The summed E-state index contributed by atoms with van der Waals surface area (Å²) in [6.07, 6.45) is -0.0656. The highest BCUT2D eigenvalue weighted by molar-refractivity contribution is 7.70. The van der Waals surface area contributed by atoms with E-state index in [9.17, 15) is 33.9 Å². The second kappa shape index (κ2) is 16.5. The molecule has 1 unspecified atom stereocenters. The van der Waals surface area contributed by atoms with Gasteiger partial charge in [0.05, 0.1) is 16.7 Å². The number of nitrogens with zero attached hydrogens (tertiary/aromatic N) is 1. The lowest BCUT2D eigenvalue weighted by molar-refractivity contribution is -0.228. The Morgan fingerprint density at radius 1 is 1.16 bits per heavy atom. The van der Waals surface area contributed by atoms with Crippen LogP contribution in [0.25, 0.3) is 10.6 Å². The zero-order valence-electron chi connectivity index (χ0n) is 26.5. The fraction of sp³-hybridized carbons (Fsp3) is 0.533. The Balaban J connectivity index is 1.03. The van der Waals surface area contributed by atoms with Crippen LogP contribution in [0.2, 0.25) is 0 Å². The molecule has 5 rings (SSSR count). The Morgan fingerprint density at radius 2 is 1.94 bits per heavy atom. The van der Waals surface area contributed by atoms with Crippen molar-refractivity contribution in [2.45, 2.75) is 88.3 Å². The van der Waals surface area contributed by atoms with Crippen molar-refractivity contribution in [3.8, 4) is 10.6 Å². The third-order valence-electron chi connectivity index (χ3n) is 8.14. The molecular weight excluding hydrogens is 684 g/mol. The predicted octanol–water partition coefficient (Wildman–Crippen LogP) is 0.712. The number of aliphatic hydroxyl groups is 1. The van der Waals surface area contributed by atoms with Gasteiger partial charge in [0.1, 0.15) is 24.1 Å². The highest BCUT2D eigenvalue weighted by Gasteiger charge is 2.46. The summed E-state index contributed by atoms with van der Waals surface area (Å²) in [5.41, 5.74) is 5.06. The maximum atomic E-state index is 12.8. The van der Waals surface area contributed by atoms with E-state index in [-0.39, 0.29) is 30.1 Å². The van der Waals surface area contributed by atoms with Gasteiger partial charge in [-0.05, 0) is 18.9 Å². The number of rotatable bonds is 16. The highest BCUT2D eigenvalue weighted by atomic mass is 32.9. The number of fused-ring (bicyclic) bond motifs is 1. The number of carbonyl (C=O) groups excluding carboxylic acids is 3. The summed E-state index contributed by atoms with van der Waals surface area (Å²) in [5.74, 6) is -1.78. The van der Waals surface area contributed by atoms with E-state index < -0.39 is 60.0 Å². The number of anilines is 1. The van der Waals surface area contributed by atoms with Gasteiger partial charge in [0.25, 0.3) is 17.0 Å². The number of aromatic nitrogens is 3. The van der Waals surface area contributed by atoms with Gasteiger partial charge in [0.2, 0.25) is 18.1 Å². The van der Waals surface area contributed by atoms with Crippen molar-refractivity contribution >= 4 is 44.1 Å². The van der Waals surface area contributed by atoms with Crippen molar-refractivity contribution in [2.75, 3.05) is 19.0 Å². The predicted molar refractivity (Wildman–Crippen MR) is 177 cm³/mol. The molecule has 4 aliphatic rings. The van der Waals surface area contributed by atoms with Gasteiger partial charge in [-0.2, -0.15) is 0 Å². The molecule has 0 bridgehead atoms. The maximum Gasteiger partial charge on any atom is 0.330 e. The van der Waals surface area contributed by atoms with Gasteiger partial charge < -0.3 is 45.4 Å². The van der Waals surface area contributed by atoms with Gasteiger partial charge in [-0.15, -0.1) is 0 Å². The Labute approximate surface area is 286 Å². The van der Waals surface area contributed by atoms with Gasteiger partial charge in [0, 0.05) is 50.6 Å². The number of methoxy groups -OCH3 is 1. The number of nitrogens with two attached hydrogens (primary N) is 1. The molecule has 19 heteroatoms. The van der Waals surface area contributed by atoms with E-state index in [0.717, 1.165) is 40.5 Å². The van der Waals surface area contributed by atoms with Gasteiger partial charge in [-0.1, -0.05) is 39.9 Å². The number of ether oxygens (including phenoxy) is 4. The Morgan fingerprint density at radius 3 is 2.69 bits per heavy atom. The topological polar surface area (TPSA) is 246 Å². The lowest BCUT2D eigenvalue weighted by Gasteiger charge is -2.33. The first-order valence-electron chi connectivity index (χ1n) is 15.7. The van der Waals surface area contributed by atoms with Crippen LogP contribution in [-0.4, -0.2) is 81.7 Å². The molecule has 0 saturated carbocycles. The Hall–Kier alpha value is -4.14. The first-order valence-corrected chi connectivity index (χ1v) is 17.9. The van der Waals surface area contributed by atoms with Gasteiger partial charge >= 0.3 is 5.69 Å². The van der Waals surface area contributed by atoms with Crippen LogP contribution in [0.15, 0.2) is 43.9 Å². The second-order valence-electron chi connectivity index (χ2n) is 11.6. The van der Waals surface area contributed by atoms with Crippen LogP contribution in [0.5, 0.6) is 0 Å². The molecule has 1 aromatic rings. The number of amides is 3. The van der Waals surface area contributed by atoms with E-state index in [1.807, 2.05) is 5.38 Å². The van der Waals surface area contributed by atoms with E-state index >= 15 is 0 Å². The van der Waals surface area contributed by atoms with Gasteiger partial charge in [0.15, 0.2) is 11.9 Å². The number of unbranched alkanes of at least 4 members (excludes halogenated alkanes) is 4. The number of hydrogen-bond donors (Lipinski definition) is 6. The molecule has 7 N–H and O–H groups in total. The molecular formula is C30H38N6O11S2. The van der Waals surface area contributed by atoms with E-state index in [2.05, 4.69) is 20.6 Å². The van der Waals surface area contributed by atoms with E-state index in [1.54, 1.807) is 0 Å². The molecule has 0 aromatic carbocycles. The number of H-pyrrole nitrogens is 2. The van der Waals surface area contributed by atoms with Crippen LogP contribution < -0.4 is 33.2 Å². The molecule has 0 aliphatic carbocycles. The first kappa shape index (κ1) is 36.1. The quantitative estimate of drug-likeness (QED) is 0.0888. The van der Waals surface area contributed by atoms with E-state index in [0.29, 0.717) is 31.5 Å². The van der Waals surface area contributed by atoms with E-state index in [4.69, 9.17) is 24.7 Å². The van der Waals surface area contributed by atoms with E-state index in [1.165, 1.54) is 40.1 Å². The van der Waals surface area contributed by atoms with Crippen molar-refractivity contribution in [2.24, 2.45) is 5.73 Å². The number of primary amides is 1. The first-order chi connectivity index (χ1) is 23.5. The van der Waals surface area contributed by atoms with Gasteiger partial charge in [-0.25, -0.2) is 4.79 Å². The molecule has 5 heterocycles. The summed E-state index contributed by atoms with van der Waals surface area (Å²) in [6.45, 7) is 0.354.